The van der Waals surface area contributed by atoms with E-state index in [1.165, 1.54) is 17.6 Å². The lowest BCUT2D eigenvalue weighted by Crippen LogP contribution is -2.12. The maximum Gasteiger partial charge on any atom is 0.238 e. The van der Waals surface area contributed by atoms with Crippen LogP contribution in [-0.4, -0.2) is 28.1 Å². The third-order valence-corrected chi connectivity index (χ3v) is 4.56. The van der Waals surface area contributed by atoms with E-state index in [4.69, 9.17) is 13.7 Å². The van der Waals surface area contributed by atoms with Crippen molar-refractivity contribution >= 4 is 32.6 Å². The Hall–Kier alpha value is -3.20. The Morgan fingerprint density at radius 3 is 3.00 bits per heavy atom. The number of hydrogen-bond acceptors (Lipinski definition) is 8. The smallest absolute Gasteiger partial charge is 0.238 e. The first kappa shape index (κ1) is 16.3. The highest BCUT2D eigenvalue weighted by atomic mass is 32.1. The molecule has 0 unspecified atom stereocenters. The molecule has 0 radical (unpaired) electrons. The molecular formula is C17H14N4O4S. The van der Waals surface area contributed by atoms with E-state index < -0.39 is 0 Å². The van der Waals surface area contributed by atoms with Crippen molar-refractivity contribution in [3.8, 4) is 17.3 Å². The van der Waals surface area contributed by atoms with Gasteiger partial charge in [-0.05, 0) is 24.3 Å². The van der Waals surface area contributed by atoms with E-state index in [1.54, 1.807) is 19.2 Å². The lowest BCUT2D eigenvalue weighted by molar-refractivity contribution is -0.116. The molecule has 1 N–H and O–H groups in total. The van der Waals surface area contributed by atoms with Crippen LogP contribution in [0.15, 0.2) is 45.5 Å². The Balaban J connectivity index is 1.38. The number of aromatic nitrogens is 3. The van der Waals surface area contributed by atoms with E-state index in [0.29, 0.717) is 34.8 Å². The summed E-state index contributed by atoms with van der Waals surface area (Å²) in [5, 5.41) is 7.15. The predicted molar refractivity (Wildman–Crippen MR) is 95.1 cm³/mol. The van der Waals surface area contributed by atoms with E-state index in [0.717, 1.165) is 10.2 Å². The van der Waals surface area contributed by atoms with Gasteiger partial charge in [0.05, 0.1) is 18.1 Å². The second-order valence-electron chi connectivity index (χ2n) is 5.36. The molecule has 4 rings (SSSR count). The summed E-state index contributed by atoms with van der Waals surface area (Å²) in [6.45, 7) is 0. The highest BCUT2D eigenvalue weighted by Gasteiger charge is 2.14. The number of hydrogen-bond donors (Lipinski definition) is 1. The number of carbonyl (C=O) groups is 1. The Kier molecular flexibility index (Phi) is 4.36. The predicted octanol–water partition coefficient (Wildman–Crippen LogP) is 3.52. The third-order valence-electron chi connectivity index (χ3n) is 3.62. The van der Waals surface area contributed by atoms with Crippen molar-refractivity contribution in [2.45, 2.75) is 12.8 Å². The van der Waals surface area contributed by atoms with Gasteiger partial charge < -0.3 is 19.0 Å². The van der Waals surface area contributed by atoms with E-state index in [9.17, 15) is 4.79 Å². The fourth-order valence-corrected chi connectivity index (χ4v) is 3.31. The number of aryl methyl sites for hydroxylation is 1. The van der Waals surface area contributed by atoms with Crippen LogP contribution in [0.2, 0.25) is 0 Å². The molecule has 0 saturated carbocycles. The van der Waals surface area contributed by atoms with Crippen LogP contribution in [0.4, 0.5) is 5.13 Å². The Labute approximate surface area is 151 Å². The summed E-state index contributed by atoms with van der Waals surface area (Å²) in [5.74, 6) is 1.76. The van der Waals surface area contributed by atoms with Crippen LogP contribution in [0, 0.1) is 0 Å². The van der Waals surface area contributed by atoms with Crippen LogP contribution in [0.25, 0.3) is 21.8 Å². The normalized spacial score (nSPS) is 11.0. The molecule has 0 aliphatic carbocycles. The standard InChI is InChI=1S/C17H14N4O4S/c1-23-10-4-2-6-12-15(10)20-17(26-12)18-13(22)7-8-14-19-16(21-25-14)11-5-3-9-24-11/h2-6,9H,7-8H2,1H3,(H,18,20,22). The molecule has 3 aromatic heterocycles. The number of nitrogens with zero attached hydrogens (tertiary/aromatic N) is 3. The molecule has 0 bridgehead atoms. The van der Waals surface area contributed by atoms with Crippen LogP contribution in [0.5, 0.6) is 5.75 Å². The minimum Gasteiger partial charge on any atom is -0.494 e. The molecule has 0 saturated heterocycles. The van der Waals surface area contributed by atoms with Crippen molar-refractivity contribution in [2.24, 2.45) is 0 Å². The summed E-state index contributed by atoms with van der Waals surface area (Å²) in [6, 6.07) is 9.13. The van der Waals surface area contributed by atoms with Crippen LogP contribution in [0.3, 0.4) is 0 Å². The van der Waals surface area contributed by atoms with Gasteiger partial charge in [0, 0.05) is 12.8 Å². The van der Waals surface area contributed by atoms with Gasteiger partial charge >= 0.3 is 0 Å². The maximum atomic E-state index is 12.2. The molecule has 132 valence electrons. The van der Waals surface area contributed by atoms with Gasteiger partial charge in [-0.2, -0.15) is 4.98 Å². The molecule has 0 spiro atoms. The summed E-state index contributed by atoms with van der Waals surface area (Å²) in [5.41, 5.74) is 0.732. The van der Waals surface area contributed by atoms with E-state index in [-0.39, 0.29) is 12.3 Å². The number of amides is 1. The quantitative estimate of drug-likeness (QED) is 0.554. The second kappa shape index (κ2) is 6.96. The number of methoxy groups -OCH3 is 1. The molecule has 9 heteroatoms. The van der Waals surface area contributed by atoms with Crippen molar-refractivity contribution in [1.82, 2.24) is 15.1 Å². The second-order valence-corrected chi connectivity index (χ2v) is 6.39. The van der Waals surface area contributed by atoms with Crippen molar-refractivity contribution in [3.63, 3.8) is 0 Å². The van der Waals surface area contributed by atoms with E-state index in [1.807, 2.05) is 18.2 Å². The molecule has 3 heterocycles. The molecule has 1 amide bonds. The SMILES string of the molecule is COc1cccc2sc(NC(=O)CCc3nc(-c4ccco4)no3)nc12. The zero-order valence-electron chi connectivity index (χ0n) is 13.8. The molecule has 0 atom stereocenters. The van der Waals surface area contributed by atoms with Gasteiger partial charge in [-0.3, -0.25) is 4.79 Å². The summed E-state index contributed by atoms with van der Waals surface area (Å²) in [7, 11) is 1.59. The van der Waals surface area contributed by atoms with Gasteiger partial charge in [-0.25, -0.2) is 4.98 Å². The number of thiazole rings is 1. The Morgan fingerprint density at radius 2 is 2.19 bits per heavy atom. The third kappa shape index (κ3) is 3.29. The van der Waals surface area contributed by atoms with Gasteiger partial charge in [0.1, 0.15) is 11.3 Å². The first-order valence-corrected chi connectivity index (χ1v) is 8.64. The number of rotatable bonds is 6. The Bertz CT molecular complexity index is 1040. The molecule has 0 aliphatic rings. The van der Waals surface area contributed by atoms with Crippen molar-refractivity contribution in [1.29, 1.82) is 0 Å². The Morgan fingerprint density at radius 1 is 1.27 bits per heavy atom. The summed E-state index contributed by atoms with van der Waals surface area (Å²) in [6.07, 6.45) is 2.06. The van der Waals surface area contributed by atoms with Gasteiger partial charge in [0.2, 0.25) is 17.6 Å². The van der Waals surface area contributed by atoms with Crippen LogP contribution >= 0.6 is 11.3 Å². The maximum absolute atomic E-state index is 12.2. The molecule has 0 aliphatic heterocycles. The molecule has 0 fully saturated rings. The molecular weight excluding hydrogens is 356 g/mol. The number of para-hydroxylation sites is 1. The molecule has 1 aromatic carbocycles. The lowest BCUT2D eigenvalue weighted by Gasteiger charge is -1.99. The number of benzene rings is 1. The number of carbonyl (C=O) groups excluding carboxylic acids is 1. The largest absolute Gasteiger partial charge is 0.494 e. The highest BCUT2D eigenvalue weighted by Crippen LogP contribution is 2.32. The number of ether oxygens (including phenoxy) is 1. The van der Waals surface area contributed by atoms with Crippen LogP contribution in [0.1, 0.15) is 12.3 Å². The van der Waals surface area contributed by atoms with E-state index >= 15 is 0 Å². The first-order chi connectivity index (χ1) is 12.7. The molecule has 8 nitrogen and oxygen atoms in total. The average molecular weight is 370 g/mol. The monoisotopic (exact) mass is 370 g/mol. The summed E-state index contributed by atoms with van der Waals surface area (Å²) >= 11 is 1.39. The minimum atomic E-state index is -0.180. The average Bonchev–Trinajstić information content (AvgIpc) is 3.38. The fraction of sp³-hybridized carbons (Fsp3) is 0.176. The lowest BCUT2D eigenvalue weighted by atomic mass is 10.3. The number of anilines is 1. The highest BCUT2D eigenvalue weighted by molar-refractivity contribution is 7.22. The van der Waals surface area contributed by atoms with E-state index in [2.05, 4.69) is 20.4 Å². The summed E-state index contributed by atoms with van der Waals surface area (Å²) < 4.78 is 16.6. The molecule has 4 aromatic rings. The van der Waals surface area contributed by atoms with Gasteiger partial charge in [-0.15, -0.1) is 0 Å². The number of furan rings is 1. The minimum absolute atomic E-state index is 0.180. The van der Waals surface area contributed by atoms with Crippen molar-refractivity contribution < 1.29 is 18.5 Å². The fourth-order valence-electron chi connectivity index (χ4n) is 2.41. The van der Waals surface area contributed by atoms with Crippen molar-refractivity contribution in [2.75, 3.05) is 12.4 Å². The topological polar surface area (TPSA) is 103 Å². The van der Waals surface area contributed by atoms with Crippen molar-refractivity contribution in [3.05, 3.63) is 42.5 Å². The number of fused-ring (bicyclic) bond motifs is 1. The zero-order valence-corrected chi connectivity index (χ0v) is 14.6. The summed E-state index contributed by atoms with van der Waals surface area (Å²) in [4.78, 5) is 20.8. The molecule has 26 heavy (non-hydrogen) atoms. The van der Waals surface area contributed by atoms with Crippen LogP contribution in [-0.2, 0) is 11.2 Å². The zero-order chi connectivity index (χ0) is 17.9. The van der Waals surface area contributed by atoms with Crippen LogP contribution < -0.4 is 10.1 Å². The van der Waals surface area contributed by atoms with Gasteiger partial charge in [0.25, 0.3) is 0 Å². The van der Waals surface area contributed by atoms with Gasteiger partial charge in [-0.1, -0.05) is 22.6 Å². The number of nitrogens with one attached hydrogen (secondary N) is 1. The van der Waals surface area contributed by atoms with Gasteiger partial charge in [0.15, 0.2) is 10.9 Å². The first-order valence-electron chi connectivity index (χ1n) is 7.83.